The molecule has 0 aliphatic carbocycles. The van der Waals surface area contributed by atoms with Crippen molar-refractivity contribution in [1.82, 2.24) is 4.98 Å². The molecule has 0 unspecified atom stereocenters. The molecule has 0 radical (unpaired) electrons. The Morgan fingerprint density at radius 1 is 1.32 bits per heavy atom. The molecule has 0 fully saturated rings. The summed E-state index contributed by atoms with van der Waals surface area (Å²) in [5.74, 6) is 0.686. The maximum Gasteiger partial charge on any atom is 0.274 e. The van der Waals surface area contributed by atoms with Gasteiger partial charge in [0.05, 0.1) is 28.8 Å². The number of nitro benzene ring substituents is 1. The molecule has 1 heterocycles. The molecule has 1 aromatic heterocycles. The predicted octanol–water partition coefficient (Wildman–Crippen LogP) is 2.96. The number of aryl methyl sites for hydroxylation is 1. The fraction of sp³-hybridized carbons (Fsp3) is 0.0769. The number of nitrogens with zero attached hydrogens (tertiary/aromatic N) is 3. The molecule has 0 atom stereocenters. The Labute approximate surface area is 109 Å². The second-order valence-electron chi connectivity index (χ2n) is 3.82. The monoisotopic (exact) mass is 255 g/mol. The van der Waals surface area contributed by atoms with Crippen LogP contribution in [-0.2, 0) is 0 Å². The van der Waals surface area contributed by atoms with Crippen molar-refractivity contribution in [3.63, 3.8) is 0 Å². The van der Waals surface area contributed by atoms with Crippen LogP contribution in [-0.4, -0.2) is 9.91 Å². The Balaban J connectivity index is 2.34. The lowest BCUT2D eigenvalue weighted by Gasteiger charge is -2.05. The maximum atomic E-state index is 10.7. The molecule has 0 N–H and O–H groups in total. The summed E-state index contributed by atoms with van der Waals surface area (Å²) >= 11 is 0. The molecule has 0 saturated heterocycles. The summed E-state index contributed by atoms with van der Waals surface area (Å²) in [5, 5.41) is 19.6. The SMILES string of the molecule is Cc1ccc(Oc2cc(C#N)cc([N+](=O)[O-])c2)cn1. The summed E-state index contributed by atoms with van der Waals surface area (Å²) in [4.78, 5) is 14.2. The standard InChI is InChI=1S/C13H9N3O3/c1-9-2-3-12(8-15-9)19-13-5-10(7-14)4-11(6-13)16(17)18/h2-6,8H,1H3. The molecule has 2 aromatic rings. The van der Waals surface area contributed by atoms with Gasteiger partial charge in [-0.15, -0.1) is 0 Å². The lowest BCUT2D eigenvalue weighted by Crippen LogP contribution is -1.92. The molecule has 94 valence electrons. The highest BCUT2D eigenvalue weighted by Crippen LogP contribution is 2.26. The molecule has 0 aliphatic rings. The van der Waals surface area contributed by atoms with Gasteiger partial charge in [-0.2, -0.15) is 5.26 Å². The van der Waals surface area contributed by atoms with Crippen LogP contribution in [0.15, 0.2) is 36.5 Å². The van der Waals surface area contributed by atoms with Gasteiger partial charge >= 0.3 is 0 Å². The van der Waals surface area contributed by atoms with Crippen molar-refractivity contribution in [2.24, 2.45) is 0 Å². The van der Waals surface area contributed by atoms with E-state index in [0.717, 1.165) is 5.69 Å². The smallest absolute Gasteiger partial charge is 0.274 e. The van der Waals surface area contributed by atoms with E-state index < -0.39 is 4.92 Å². The van der Waals surface area contributed by atoms with E-state index in [4.69, 9.17) is 10.00 Å². The number of rotatable bonds is 3. The highest BCUT2D eigenvalue weighted by molar-refractivity contribution is 5.48. The van der Waals surface area contributed by atoms with Crippen molar-refractivity contribution >= 4 is 5.69 Å². The van der Waals surface area contributed by atoms with Crippen molar-refractivity contribution in [3.8, 4) is 17.6 Å². The Kier molecular flexibility index (Phi) is 3.39. The summed E-state index contributed by atoms with van der Waals surface area (Å²) in [6.45, 7) is 1.84. The van der Waals surface area contributed by atoms with E-state index in [1.165, 1.54) is 24.4 Å². The molecule has 2 rings (SSSR count). The number of ether oxygens (including phenoxy) is 1. The number of nitriles is 1. The fourth-order valence-corrected chi connectivity index (χ4v) is 1.46. The first kappa shape index (κ1) is 12.5. The predicted molar refractivity (Wildman–Crippen MR) is 66.9 cm³/mol. The van der Waals surface area contributed by atoms with E-state index in [-0.39, 0.29) is 17.0 Å². The van der Waals surface area contributed by atoms with Crippen LogP contribution in [0.5, 0.6) is 11.5 Å². The second-order valence-corrected chi connectivity index (χ2v) is 3.82. The zero-order valence-corrected chi connectivity index (χ0v) is 10.0. The minimum absolute atomic E-state index is 0.171. The van der Waals surface area contributed by atoms with Crippen LogP contribution >= 0.6 is 0 Å². The molecule has 0 amide bonds. The molecule has 6 heteroatoms. The van der Waals surface area contributed by atoms with Crippen LogP contribution in [0.1, 0.15) is 11.3 Å². The van der Waals surface area contributed by atoms with Crippen molar-refractivity contribution in [2.45, 2.75) is 6.92 Å². The van der Waals surface area contributed by atoms with Gasteiger partial charge in [-0.1, -0.05) is 0 Å². The number of pyridine rings is 1. The first-order valence-electron chi connectivity index (χ1n) is 5.38. The summed E-state index contributed by atoms with van der Waals surface area (Å²) in [7, 11) is 0. The van der Waals surface area contributed by atoms with Crippen LogP contribution in [0, 0.1) is 28.4 Å². The van der Waals surface area contributed by atoms with Gasteiger partial charge in [0.15, 0.2) is 0 Å². The van der Waals surface area contributed by atoms with Gasteiger partial charge < -0.3 is 4.74 Å². The van der Waals surface area contributed by atoms with Crippen molar-refractivity contribution in [1.29, 1.82) is 5.26 Å². The third-order valence-corrected chi connectivity index (χ3v) is 2.35. The Morgan fingerprint density at radius 3 is 2.68 bits per heavy atom. The van der Waals surface area contributed by atoms with Crippen LogP contribution in [0.3, 0.4) is 0 Å². The topological polar surface area (TPSA) is 89.0 Å². The number of hydrogen-bond acceptors (Lipinski definition) is 5. The van der Waals surface area contributed by atoms with Crippen molar-refractivity contribution in [3.05, 3.63) is 57.9 Å². The number of non-ortho nitro benzene ring substituents is 1. The second kappa shape index (κ2) is 5.14. The quantitative estimate of drug-likeness (QED) is 0.621. The lowest BCUT2D eigenvalue weighted by atomic mass is 10.2. The Morgan fingerprint density at radius 2 is 2.11 bits per heavy atom. The molecule has 0 aliphatic heterocycles. The normalized spacial score (nSPS) is 9.68. The third kappa shape index (κ3) is 3.04. The fourth-order valence-electron chi connectivity index (χ4n) is 1.46. The van der Waals surface area contributed by atoms with Crippen molar-refractivity contribution < 1.29 is 9.66 Å². The van der Waals surface area contributed by atoms with Gasteiger partial charge in [0.25, 0.3) is 5.69 Å². The molecule has 0 saturated carbocycles. The first-order chi connectivity index (χ1) is 9.08. The number of nitro groups is 1. The molecule has 0 spiro atoms. The summed E-state index contributed by atoms with van der Waals surface area (Å²) in [6, 6.07) is 9.22. The molecular weight excluding hydrogens is 246 g/mol. The Hall–Kier alpha value is -2.94. The zero-order valence-electron chi connectivity index (χ0n) is 10.0. The van der Waals surface area contributed by atoms with Gasteiger partial charge in [0, 0.05) is 11.8 Å². The van der Waals surface area contributed by atoms with Gasteiger partial charge in [0.1, 0.15) is 11.5 Å². The summed E-state index contributed by atoms with van der Waals surface area (Å²) < 4.78 is 5.45. The van der Waals surface area contributed by atoms with Gasteiger partial charge in [-0.3, -0.25) is 15.1 Å². The molecule has 1 aromatic carbocycles. The molecule has 19 heavy (non-hydrogen) atoms. The highest BCUT2D eigenvalue weighted by atomic mass is 16.6. The van der Waals surface area contributed by atoms with E-state index in [1.807, 2.05) is 13.0 Å². The minimum Gasteiger partial charge on any atom is -0.455 e. The molecular formula is C13H9N3O3. The van der Waals surface area contributed by atoms with Gasteiger partial charge in [-0.05, 0) is 25.1 Å². The lowest BCUT2D eigenvalue weighted by molar-refractivity contribution is -0.384. The van der Waals surface area contributed by atoms with Crippen LogP contribution < -0.4 is 4.74 Å². The largest absolute Gasteiger partial charge is 0.455 e. The first-order valence-corrected chi connectivity index (χ1v) is 5.38. The average molecular weight is 255 g/mol. The van der Waals surface area contributed by atoms with Crippen LogP contribution in [0.25, 0.3) is 0 Å². The van der Waals surface area contributed by atoms with E-state index >= 15 is 0 Å². The van der Waals surface area contributed by atoms with E-state index in [1.54, 1.807) is 12.1 Å². The average Bonchev–Trinajstić information content (AvgIpc) is 2.41. The van der Waals surface area contributed by atoms with Gasteiger partial charge in [0.2, 0.25) is 0 Å². The number of benzene rings is 1. The van der Waals surface area contributed by atoms with E-state index in [0.29, 0.717) is 5.75 Å². The highest BCUT2D eigenvalue weighted by Gasteiger charge is 2.11. The van der Waals surface area contributed by atoms with E-state index in [9.17, 15) is 10.1 Å². The zero-order chi connectivity index (χ0) is 13.8. The van der Waals surface area contributed by atoms with Crippen molar-refractivity contribution in [2.75, 3.05) is 0 Å². The maximum absolute atomic E-state index is 10.7. The molecule has 6 nitrogen and oxygen atoms in total. The van der Waals surface area contributed by atoms with Crippen LogP contribution in [0.4, 0.5) is 5.69 Å². The summed E-state index contributed by atoms with van der Waals surface area (Å²) in [5.41, 5.74) is 0.822. The third-order valence-electron chi connectivity index (χ3n) is 2.35. The Bertz CT molecular complexity index is 660. The molecule has 0 bridgehead atoms. The van der Waals surface area contributed by atoms with E-state index in [2.05, 4.69) is 4.98 Å². The summed E-state index contributed by atoms with van der Waals surface area (Å²) in [6.07, 6.45) is 1.51. The minimum atomic E-state index is -0.568. The number of hydrogen-bond donors (Lipinski definition) is 0. The van der Waals surface area contributed by atoms with Crippen LogP contribution in [0.2, 0.25) is 0 Å². The number of aromatic nitrogens is 1. The van der Waals surface area contributed by atoms with Gasteiger partial charge in [-0.25, -0.2) is 0 Å².